The van der Waals surface area contributed by atoms with Crippen LogP contribution in [0.5, 0.6) is 0 Å². The highest BCUT2D eigenvalue weighted by atomic mass is 32.2. The van der Waals surface area contributed by atoms with Gasteiger partial charge in [-0.25, -0.2) is 0 Å². The maximum Gasteiger partial charge on any atom is 0.164 e. The smallest absolute Gasteiger partial charge is 0.164 e. The van der Waals surface area contributed by atoms with Crippen LogP contribution in [0, 0.1) is 0 Å². The molecule has 184 valence electrons. The second-order valence-electron chi connectivity index (χ2n) is 9.08. The van der Waals surface area contributed by atoms with E-state index in [0.717, 1.165) is 37.0 Å². The lowest BCUT2D eigenvalue weighted by Crippen LogP contribution is -2.25. The minimum Gasteiger partial charge on any atom is -0.367 e. The van der Waals surface area contributed by atoms with Crippen molar-refractivity contribution in [3.63, 3.8) is 0 Å². The first-order valence-corrected chi connectivity index (χ1v) is 13.2. The van der Waals surface area contributed by atoms with E-state index < -0.39 is 6.29 Å². The summed E-state index contributed by atoms with van der Waals surface area (Å²) in [6.45, 7) is 9.58. The number of hydrogen-bond donors (Lipinski definition) is 3. The van der Waals surface area contributed by atoms with Crippen LogP contribution in [0.2, 0.25) is 0 Å². The summed E-state index contributed by atoms with van der Waals surface area (Å²) in [5.41, 5.74) is 7.90. The average Bonchev–Trinajstić information content (AvgIpc) is 2.79. The zero-order valence-electron chi connectivity index (χ0n) is 21.2. The van der Waals surface area contributed by atoms with Crippen LogP contribution in [-0.2, 0) is 6.54 Å². The third-order valence-corrected chi connectivity index (χ3v) is 6.60. The second kappa shape index (κ2) is 15.7. The summed E-state index contributed by atoms with van der Waals surface area (Å²) in [6.07, 6.45) is 10.3. The molecule has 0 bridgehead atoms. The molecule has 4 heteroatoms. The molecule has 0 atom stereocenters. The summed E-state index contributed by atoms with van der Waals surface area (Å²) in [7, 11) is 0. The molecule has 0 unspecified atom stereocenters. The Morgan fingerprint density at radius 1 is 0.853 bits per heavy atom. The van der Waals surface area contributed by atoms with Crippen LogP contribution >= 0.6 is 11.8 Å². The minimum atomic E-state index is -1.32. The number of allylic oxidation sites excluding steroid dienone is 5. The van der Waals surface area contributed by atoms with E-state index in [1.165, 1.54) is 32.7 Å². The lowest BCUT2D eigenvalue weighted by Gasteiger charge is -2.10. The van der Waals surface area contributed by atoms with Gasteiger partial charge in [0.1, 0.15) is 0 Å². The van der Waals surface area contributed by atoms with Crippen molar-refractivity contribution in [3.05, 3.63) is 89.0 Å². The third-order valence-electron chi connectivity index (χ3n) is 5.60. The Hall–Kier alpha value is -2.11. The second-order valence-corrected chi connectivity index (χ2v) is 10.1. The summed E-state index contributed by atoms with van der Waals surface area (Å²) in [4.78, 5) is 1.29. The summed E-state index contributed by atoms with van der Waals surface area (Å²) in [5, 5.41) is 20.9. The van der Waals surface area contributed by atoms with Gasteiger partial charge >= 0.3 is 0 Å². The van der Waals surface area contributed by atoms with Crippen molar-refractivity contribution in [1.29, 1.82) is 0 Å². The molecule has 0 saturated heterocycles. The molecule has 3 N–H and O–H groups in total. The van der Waals surface area contributed by atoms with Crippen molar-refractivity contribution in [2.45, 2.75) is 71.1 Å². The fourth-order valence-corrected chi connectivity index (χ4v) is 4.65. The van der Waals surface area contributed by atoms with E-state index >= 15 is 0 Å². The SMILES string of the molecule is CC(C)=CCC/C(C)=C/CC/C(C)=C/CSc1ccccc1-c1ccc(CNCC(O)O)cc1. The van der Waals surface area contributed by atoms with Gasteiger partial charge in [-0.2, -0.15) is 0 Å². The van der Waals surface area contributed by atoms with E-state index in [2.05, 4.69) is 99.8 Å². The Kier molecular flexibility index (Phi) is 13.0. The molecule has 0 aromatic heterocycles. The van der Waals surface area contributed by atoms with Crippen molar-refractivity contribution in [1.82, 2.24) is 5.32 Å². The topological polar surface area (TPSA) is 52.5 Å². The maximum atomic E-state index is 8.95. The Balaban J connectivity index is 1.86. The number of nitrogens with one attached hydrogen (secondary N) is 1. The van der Waals surface area contributed by atoms with Crippen molar-refractivity contribution in [2.75, 3.05) is 12.3 Å². The Morgan fingerprint density at radius 3 is 2.18 bits per heavy atom. The predicted molar refractivity (Wildman–Crippen MR) is 148 cm³/mol. The number of aliphatic hydroxyl groups is 2. The molecule has 34 heavy (non-hydrogen) atoms. The molecular weight excluding hydrogens is 438 g/mol. The molecule has 0 radical (unpaired) electrons. The predicted octanol–water partition coefficient (Wildman–Crippen LogP) is 7.27. The van der Waals surface area contributed by atoms with Crippen LogP contribution in [0.3, 0.4) is 0 Å². The molecule has 2 aromatic rings. The highest BCUT2D eigenvalue weighted by Gasteiger charge is 2.05. The van der Waals surface area contributed by atoms with E-state index in [1.54, 1.807) is 0 Å². The van der Waals surface area contributed by atoms with E-state index in [4.69, 9.17) is 10.2 Å². The largest absolute Gasteiger partial charge is 0.367 e. The van der Waals surface area contributed by atoms with Gasteiger partial charge in [-0.15, -0.1) is 11.8 Å². The van der Waals surface area contributed by atoms with Crippen LogP contribution in [-0.4, -0.2) is 28.8 Å². The zero-order valence-corrected chi connectivity index (χ0v) is 22.0. The van der Waals surface area contributed by atoms with Gasteiger partial charge in [0, 0.05) is 23.7 Å². The first-order valence-electron chi connectivity index (χ1n) is 12.2. The molecule has 0 aliphatic carbocycles. The fourth-order valence-electron chi connectivity index (χ4n) is 3.59. The number of hydrogen-bond acceptors (Lipinski definition) is 4. The number of benzene rings is 2. The lowest BCUT2D eigenvalue weighted by atomic mass is 10.0. The van der Waals surface area contributed by atoms with E-state index in [9.17, 15) is 0 Å². The number of aliphatic hydroxyl groups excluding tert-OH is 1. The Bertz CT molecular complexity index is 954. The first kappa shape index (κ1) is 28.1. The quantitative estimate of drug-likeness (QED) is 0.152. The molecule has 0 aliphatic rings. The van der Waals surface area contributed by atoms with E-state index in [1.807, 2.05) is 11.8 Å². The highest BCUT2D eigenvalue weighted by molar-refractivity contribution is 7.99. The zero-order chi connectivity index (χ0) is 24.8. The number of thioether (sulfide) groups is 1. The molecular formula is C30H41NO2S. The summed E-state index contributed by atoms with van der Waals surface area (Å²) in [6, 6.07) is 17.0. The monoisotopic (exact) mass is 479 g/mol. The third kappa shape index (κ3) is 11.3. The van der Waals surface area contributed by atoms with Crippen LogP contribution in [0.15, 0.2) is 88.4 Å². The molecule has 2 rings (SSSR count). The van der Waals surface area contributed by atoms with Gasteiger partial charge in [0.2, 0.25) is 0 Å². The van der Waals surface area contributed by atoms with E-state index in [-0.39, 0.29) is 6.54 Å². The van der Waals surface area contributed by atoms with Crippen molar-refractivity contribution < 1.29 is 10.2 Å². The fraction of sp³-hybridized carbons (Fsp3) is 0.400. The first-order chi connectivity index (χ1) is 16.3. The number of rotatable bonds is 14. The summed E-state index contributed by atoms with van der Waals surface area (Å²) >= 11 is 1.88. The molecule has 0 aliphatic heterocycles. The van der Waals surface area contributed by atoms with Gasteiger partial charge in [0.25, 0.3) is 0 Å². The summed E-state index contributed by atoms with van der Waals surface area (Å²) < 4.78 is 0. The minimum absolute atomic E-state index is 0.167. The Labute approximate surface area is 210 Å². The average molecular weight is 480 g/mol. The molecule has 0 heterocycles. The van der Waals surface area contributed by atoms with Crippen molar-refractivity contribution in [2.24, 2.45) is 0 Å². The molecule has 0 fully saturated rings. The van der Waals surface area contributed by atoms with Crippen LogP contribution in [0.25, 0.3) is 11.1 Å². The highest BCUT2D eigenvalue weighted by Crippen LogP contribution is 2.32. The molecule has 3 nitrogen and oxygen atoms in total. The molecule has 2 aromatic carbocycles. The van der Waals surface area contributed by atoms with Gasteiger partial charge in [0.15, 0.2) is 6.29 Å². The molecule has 0 amide bonds. The van der Waals surface area contributed by atoms with Gasteiger partial charge < -0.3 is 15.5 Å². The normalized spacial score (nSPS) is 12.3. The summed E-state index contributed by atoms with van der Waals surface area (Å²) in [5.74, 6) is 0.970. The van der Waals surface area contributed by atoms with Gasteiger partial charge in [-0.3, -0.25) is 0 Å². The van der Waals surface area contributed by atoms with Gasteiger partial charge in [0.05, 0.1) is 0 Å². The Morgan fingerprint density at radius 2 is 1.50 bits per heavy atom. The maximum absolute atomic E-state index is 8.95. The van der Waals surface area contributed by atoms with E-state index in [0.29, 0.717) is 6.54 Å². The standard InChI is InChI=1S/C30H41NO2S/c1-23(2)9-7-10-24(3)11-8-12-25(4)19-20-34-29-14-6-5-13-28(29)27-17-15-26(16-18-27)21-31-22-30(32)33/h5-6,9,11,13-19,30-33H,7-8,10,12,20-22H2,1-4H3/b24-11+,25-19+. The molecule has 0 spiro atoms. The van der Waals surface area contributed by atoms with Gasteiger partial charge in [-0.05, 0) is 76.1 Å². The van der Waals surface area contributed by atoms with Crippen molar-refractivity contribution in [3.8, 4) is 11.1 Å². The van der Waals surface area contributed by atoms with Crippen LogP contribution < -0.4 is 5.32 Å². The van der Waals surface area contributed by atoms with Gasteiger partial charge in [-0.1, -0.05) is 77.4 Å². The lowest BCUT2D eigenvalue weighted by molar-refractivity contribution is -0.0373. The van der Waals surface area contributed by atoms with Crippen molar-refractivity contribution >= 4 is 11.8 Å². The van der Waals surface area contributed by atoms with Crippen LogP contribution in [0.4, 0.5) is 0 Å². The molecule has 0 saturated carbocycles. The van der Waals surface area contributed by atoms with Crippen LogP contribution in [0.1, 0.15) is 58.9 Å².